The Kier molecular flexibility index (Phi) is 7.98. The van der Waals surface area contributed by atoms with E-state index in [0.29, 0.717) is 0 Å². The van der Waals surface area contributed by atoms with Gasteiger partial charge in [-0.2, -0.15) is 0 Å². The van der Waals surface area contributed by atoms with Gasteiger partial charge in [-0.15, -0.1) is 0 Å². The zero-order chi connectivity index (χ0) is 19.5. The highest BCUT2D eigenvalue weighted by molar-refractivity contribution is 7.85. The summed E-state index contributed by atoms with van der Waals surface area (Å²) in [6.45, 7) is 2.56. The van der Waals surface area contributed by atoms with E-state index in [1.807, 2.05) is 43.6 Å². The lowest BCUT2D eigenvalue weighted by atomic mass is 10.1. The van der Waals surface area contributed by atoms with E-state index < -0.39 is 10.1 Å². The normalized spacial score (nSPS) is 10.6. The fraction of sp³-hybridized carbons (Fsp3) is 0.190. The quantitative estimate of drug-likeness (QED) is 0.372. The third-order valence-electron chi connectivity index (χ3n) is 3.69. The fourth-order valence-electron chi connectivity index (χ4n) is 2.26. The summed E-state index contributed by atoms with van der Waals surface area (Å²) in [4.78, 5) is 5.37. The van der Waals surface area contributed by atoms with E-state index in [4.69, 9.17) is 4.84 Å². The number of aryl methyl sites for hydroxylation is 2. The van der Waals surface area contributed by atoms with Crippen LogP contribution in [0.25, 0.3) is 0 Å². The van der Waals surface area contributed by atoms with E-state index in [1.165, 1.54) is 17.7 Å². The average Bonchev–Trinajstić information content (AvgIpc) is 2.67. The minimum absolute atomic E-state index is 0.178. The molecule has 5 nitrogen and oxygen atoms in total. The maximum absolute atomic E-state index is 10.4. The molecule has 0 aliphatic carbocycles. The van der Waals surface area contributed by atoms with Crippen LogP contribution in [0.15, 0.2) is 90.1 Å². The standard InChI is InChI=1S/C14H16NO.C7H8O3S/c1-3-8-14(9-4-1)10-7-13-16-15-11-5-2-6-12-15;1-6-2-4-7(5-3-6)11(8,9)10/h1-6,8-9,11-12H,7,10,13H2;2-5H,1H3,(H,8,9,10)/q+1;/p-1. The molecule has 0 aliphatic heterocycles. The minimum Gasteiger partial charge on any atom is -0.744 e. The maximum atomic E-state index is 10.4. The molecule has 1 heterocycles. The van der Waals surface area contributed by atoms with Crippen molar-refractivity contribution >= 4 is 10.1 Å². The molecule has 27 heavy (non-hydrogen) atoms. The second kappa shape index (κ2) is 10.4. The molecule has 3 aromatic rings. The molecule has 0 radical (unpaired) electrons. The molecule has 6 heteroatoms. The van der Waals surface area contributed by atoms with Crippen molar-refractivity contribution in [3.05, 3.63) is 96.3 Å². The van der Waals surface area contributed by atoms with Crippen LogP contribution in [0.3, 0.4) is 0 Å². The molecule has 142 valence electrons. The van der Waals surface area contributed by atoms with Crippen LogP contribution in [0.1, 0.15) is 17.5 Å². The van der Waals surface area contributed by atoms with Gasteiger partial charge in [0, 0.05) is 16.9 Å². The molecule has 0 N–H and O–H groups in total. The van der Waals surface area contributed by atoms with Crippen LogP contribution in [0.5, 0.6) is 0 Å². The molecule has 0 atom stereocenters. The number of rotatable bonds is 6. The van der Waals surface area contributed by atoms with E-state index in [0.717, 1.165) is 25.0 Å². The van der Waals surface area contributed by atoms with E-state index in [9.17, 15) is 13.0 Å². The lowest BCUT2D eigenvalue weighted by Gasteiger charge is -2.05. The summed E-state index contributed by atoms with van der Waals surface area (Å²) in [5.74, 6) is 0. The molecule has 0 saturated carbocycles. The first-order valence-electron chi connectivity index (χ1n) is 8.61. The van der Waals surface area contributed by atoms with Crippen molar-refractivity contribution in [1.82, 2.24) is 0 Å². The first-order valence-corrected chi connectivity index (χ1v) is 10.0. The van der Waals surface area contributed by atoms with E-state index in [-0.39, 0.29) is 4.90 Å². The Morgan fingerprint density at radius 2 is 1.48 bits per heavy atom. The lowest BCUT2D eigenvalue weighted by molar-refractivity contribution is -0.891. The third kappa shape index (κ3) is 8.02. The summed E-state index contributed by atoms with van der Waals surface area (Å²) in [7, 11) is -4.27. The van der Waals surface area contributed by atoms with Crippen LogP contribution >= 0.6 is 0 Å². The average molecular weight is 385 g/mol. The highest BCUT2D eigenvalue weighted by atomic mass is 32.2. The van der Waals surface area contributed by atoms with Crippen molar-refractivity contribution < 1.29 is 22.5 Å². The topological polar surface area (TPSA) is 70.3 Å². The second-order valence-corrected chi connectivity index (χ2v) is 7.30. The molecule has 0 spiro atoms. The largest absolute Gasteiger partial charge is 0.744 e. The molecule has 0 unspecified atom stereocenters. The van der Waals surface area contributed by atoms with Gasteiger partial charge < -0.3 is 4.55 Å². The maximum Gasteiger partial charge on any atom is 0.222 e. The first kappa shape index (κ1) is 20.6. The number of pyridine rings is 1. The number of aromatic nitrogens is 1. The summed E-state index contributed by atoms with van der Waals surface area (Å²) >= 11 is 0. The van der Waals surface area contributed by atoms with Crippen molar-refractivity contribution in [2.45, 2.75) is 24.7 Å². The Morgan fingerprint density at radius 1 is 0.889 bits per heavy atom. The van der Waals surface area contributed by atoms with Gasteiger partial charge in [-0.3, -0.25) is 4.84 Å². The Labute approximate surface area is 160 Å². The van der Waals surface area contributed by atoms with E-state index in [2.05, 4.69) is 24.3 Å². The van der Waals surface area contributed by atoms with E-state index in [1.54, 1.807) is 16.9 Å². The predicted molar refractivity (Wildman–Crippen MR) is 102 cm³/mol. The zero-order valence-corrected chi connectivity index (χ0v) is 16.0. The van der Waals surface area contributed by atoms with Crippen LogP contribution < -0.4 is 9.57 Å². The third-order valence-corrected chi connectivity index (χ3v) is 4.54. The monoisotopic (exact) mass is 385 g/mol. The van der Waals surface area contributed by atoms with Gasteiger partial charge in [0.25, 0.3) is 0 Å². The summed E-state index contributed by atoms with van der Waals surface area (Å²) in [5, 5.41) is 0. The summed E-state index contributed by atoms with van der Waals surface area (Å²) < 4.78 is 32.9. The van der Waals surface area contributed by atoms with Gasteiger partial charge in [-0.1, -0.05) is 54.1 Å². The van der Waals surface area contributed by atoms with Crippen LogP contribution in [0.2, 0.25) is 0 Å². The van der Waals surface area contributed by atoms with Gasteiger partial charge in [0.15, 0.2) is 6.61 Å². The molecule has 0 bridgehead atoms. The minimum atomic E-state index is -4.27. The number of nitrogens with zero attached hydrogens (tertiary/aromatic N) is 1. The van der Waals surface area contributed by atoms with Gasteiger partial charge in [0.05, 0.1) is 4.90 Å². The van der Waals surface area contributed by atoms with Crippen LogP contribution in [0, 0.1) is 6.92 Å². The summed E-state index contributed by atoms with van der Waals surface area (Å²) in [6.07, 6.45) is 5.91. The van der Waals surface area contributed by atoms with E-state index >= 15 is 0 Å². The fourth-order valence-corrected chi connectivity index (χ4v) is 2.73. The molecule has 0 amide bonds. The molecular formula is C21H23NO4S. The van der Waals surface area contributed by atoms with Crippen molar-refractivity contribution in [3.8, 4) is 0 Å². The van der Waals surface area contributed by atoms with Crippen molar-refractivity contribution in [2.24, 2.45) is 0 Å². The highest BCUT2D eigenvalue weighted by Gasteiger charge is 1.99. The van der Waals surface area contributed by atoms with Crippen molar-refractivity contribution in [1.29, 1.82) is 0 Å². The molecule has 0 saturated heterocycles. The molecule has 0 fully saturated rings. The van der Waals surface area contributed by atoms with Gasteiger partial charge in [0.2, 0.25) is 12.4 Å². The molecule has 2 aromatic carbocycles. The molecule has 1 aromatic heterocycles. The van der Waals surface area contributed by atoms with Gasteiger partial charge >= 0.3 is 0 Å². The lowest BCUT2D eigenvalue weighted by Crippen LogP contribution is -2.42. The Bertz CT molecular complexity index is 854. The second-order valence-electron chi connectivity index (χ2n) is 5.92. The Balaban J connectivity index is 0.000000208. The van der Waals surface area contributed by atoms with Gasteiger partial charge in [-0.25, -0.2) is 8.42 Å². The number of hydrogen-bond donors (Lipinski definition) is 0. The summed E-state index contributed by atoms with van der Waals surface area (Å²) in [6, 6.07) is 22.2. The summed E-state index contributed by atoms with van der Waals surface area (Å²) in [5.41, 5.74) is 2.29. The molecule has 0 aliphatic rings. The van der Waals surface area contributed by atoms with Gasteiger partial charge in [-0.05, 0) is 37.5 Å². The van der Waals surface area contributed by atoms with Crippen molar-refractivity contribution in [3.63, 3.8) is 0 Å². The predicted octanol–water partition coefficient (Wildman–Crippen LogP) is 2.93. The van der Waals surface area contributed by atoms with Gasteiger partial charge in [0.1, 0.15) is 10.1 Å². The molecule has 3 rings (SSSR count). The van der Waals surface area contributed by atoms with Crippen molar-refractivity contribution in [2.75, 3.05) is 6.61 Å². The first-order chi connectivity index (χ1) is 12.9. The highest BCUT2D eigenvalue weighted by Crippen LogP contribution is 2.08. The smallest absolute Gasteiger partial charge is 0.222 e. The Hall–Kier alpha value is -2.70. The Morgan fingerprint density at radius 3 is 2.07 bits per heavy atom. The molecular weight excluding hydrogens is 362 g/mol. The van der Waals surface area contributed by atoms with Crippen LogP contribution in [-0.4, -0.2) is 19.6 Å². The number of benzene rings is 2. The number of hydrogen-bond acceptors (Lipinski definition) is 4. The SMILES string of the molecule is Cc1ccc(S(=O)(=O)[O-])cc1.c1ccc(CCCO[n+]2ccccc2)cc1. The van der Waals surface area contributed by atoms with Crippen LogP contribution in [0.4, 0.5) is 0 Å². The zero-order valence-electron chi connectivity index (χ0n) is 15.2. The van der Waals surface area contributed by atoms with Crippen LogP contribution in [-0.2, 0) is 16.5 Å².